The Labute approximate surface area is 133 Å². The lowest BCUT2D eigenvalue weighted by molar-refractivity contribution is 0.00901. The number of likely N-dealkylation sites (tertiary alicyclic amines) is 1. The van der Waals surface area contributed by atoms with E-state index in [4.69, 9.17) is 9.47 Å². The van der Waals surface area contributed by atoms with Crippen LogP contribution < -0.4 is 0 Å². The molecule has 1 aliphatic heterocycles. The van der Waals surface area contributed by atoms with Gasteiger partial charge in [0.15, 0.2) is 0 Å². The molecule has 1 rings (SSSR count). The quantitative estimate of drug-likeness (QED) is 0.562. The molecule has 0 spiro atoms. The molecule has 0 aromatic carbocycles. The third-order valence-electron chi connectivity index (χ3n) is 3.19. The molecular formula is C14H27NO6S. The van der Waals surface area contributed by atoms with Gasteiger partial charge in [0.2, 0.25) is 0 Å². The van der Waals surface area contributed by atoms with Gasteiger partial charge >= 0.3 is 6.09 Å². The largest absolute Gasteiger partial charge is 0.444 e. The van der Waals surface area contributed by atoms with E-state index in [1.54, 1.807) is 4.90 Å². The number of rotatable bonds is 5. The molecule has 22 heavy (non-hydrogen) atoms. The zero-order valence-corrected chi connectivity index (χ0v) is 15.0. The van der Waals surface area contributed by atoms with Crippen LogP contribution in [0.5, 0.6) is 0 Å². The lowest BCUT2D eigenvalue weighted by atomic mass is 10.0. The minimum atomic E-state index is -3.45. The minimum Gasteiger partial charge on any atom is -0.444 e. The van der Waals surface area contributed by atoms with Gasteiger partial charge in [0, 0.05) is 5.54 Å². The lowest BCUT2D eigenvalue weighted by Gasteiger charge is -2.33. The summed E-state index contributed by atoms with van der Waals surface area (Å²) in [7, 11) is -3.45. The maximum atomic E-state index is 12.2. The molecule has 0 bridgehead atoms. The van der Waals surface area contributed by atoms with Crippen LogP contribution in [0.25, 0.3) is 0 Å². The topological polar surface area (TPSA) is 82.1 Å². The standard InChI is InChI=1S/C14H27NO6S/c1-13(2,3)21-12(16)15-10-11(9-14(15,4)5)19-7-8-20-22(6,17)18/h11H,7-10H2,1-6H3. The molecule has 0 N–H and O–H groups in total. The first-order valence-electron chi connectivity index (χ1n) is 7.27. The van der Waals surface area contributed by atoms with E-state index < -0.39 is 15.7 Å². The summed E-state index contributed by atoms with van der Waals surface area (Å²) in [5.41, 5.74) is -0.917. The molecular weight excluding hydrogens is 310 g/mol. The Morgan fingerprint density at radius 2 is 1.86 bits per heavy atom. The van der Waals surface area contributed by atoms with Gasteiger partial charge in [-0.2, -0.15) is 8.42 Å². The Morgan fingerprint density at radius 3 is 2.36 bits per heavy atom. The monoisotopic (exact) mass is 337 g/mol. The fraction of sp³-hybridized carbons (Fsp3) is 0.929. The smallest absolute Gasteiger partial charge is 0.410 e. The van der Waals surface area contributed by atoms with E-state index in [1.807, 2.05) is 34.6 Å². The van der Waals surface area contributed by atoms with E-state index in [0.29, 0.717) is 13.0 Å². The molecule has 1 unspecified atom stereocenters. The Morgan fingerprint density at radius 1 is 1.27 bits per heavy atom. The maximum Gasteiger partial charge on any atom is 0.410 e. The molecule has 0 saturated carbocycles. The second-order valence-corrected chi connectivity index (χ2v) is 8.77. The summed E-state index contributed by atoms with van der Waals surface area (Å²) in [6.07, 6.45) is 1.13. The molecule has 130 valence electrons. The molecule has 0 aromatic rings. The summed E-state index contributed by atoms with van der Waals surface area (Å²) in [6, 6.07) is 0. The fourth-order valence-electron chi connectivity index (χ4n) is 2.33. The molecule has 7 nitrogen and oxygen atoms in total. The summed E-state index contributed by atoms with van der Waals surface area (Å²) in [5.74, 6) is 0. The van der Waals surface area contributed by atoms with Gasteiger partial charge in [0.25, 0.3) is 10.1 Å². The van der Waals surface area contributed by atoms with E-state index >= 15 is 0 Å². The lowest BCUT2D eigenvalue weighted by Crippen LogP contribution is -2.45. The zero-order chi connectivity index (χ0) is 17.2. The van der Waals surface area contributed by atoms with Gasteiger partial charge in [-0.1, -0.05) is 0 Å². The first-order valence-corrected chi connectivity index (χ1v) is 9.08. The zero-order valence-electron chi connectivity index (χ0n) is 14.2. The van der Waals surface area contributed by atoms with Gasteiger partial charge in [-0.15, -0.1) is 0 Å². The molecule has 1 aliphatic rings. The van der Waals surface area contributed by atoms with Crippen LogP contribution in [0, 0.1) is 0 Å². The van der Waals surface area contributed by atoms with Crippen molar-refractivity contribution in [3.05, 3.63) is 0 Å². The number of hydrogen-bond donors (Lipinski definition) is 0. The van der Waals surface area contributed by atoms with Gasteiger partial charge in [0.05, 0.1) is 32.1 Å². The normalized spacial score (nSPS) is 21.9. The van der Waals surface area contributed by atoms with Gasteiger partial charge in [0.1, 0.15) is 5.60 Å². The molecule has 1 atom stereocenters. The molecule has 0 aliphatic carbocycles. The second-order valence-electron chi connectivity index (χ2n) is 7.13. The number of nitrogens with zero attached hydrogens (tertiary/aromatic N) is 1. The van der Waals surface area contributed by atoms with Gasteiger partial charge < -0.3 is 14.4 Å². The van der Waals surface area contributed by atoms with Crippen LogP contribution in [-0.2, 0) is 23.8 Å². The predicted octanol–water partition coefficient (Wildman–Crippen LogP) is 1.77. The maximum absolute atomic E-state index is 12.2. The van der Waals surface area contributed by atoms with Crippen molar-refractivity contribution in [2.45, 2.75) is 58.3 Å². The Hall–Kier alpha value is -0.860. The number of carbonyl (C=O) groups is 1. The van der Waals surface area contributed by atoms with Crippen LogP contribution in [0.3, 0.4) is 0 Å². The molecule has 1 amide bonds. The minimum absolute atomic E-state index is 0.0256. The molecule has 0 radical (unpaired) electrons. The highest BCUT2D eigenvalue weighted by Gasteiger charge is 2.43. The summed E-state index contributed by atoms with van der Waals surface area (Å²) >= 11 is 0. The highest BCUT2D eigenvalue weighted by molar-refractivity contribution is 7.85. The van der Waals surface area contributed by atoms with Crippen molar-refractivity contribution in [3.8, 4) is 0 Å². The Balaban J connectivity index is 2.50. The number of ether oxygens (including phenoxy) is 2. The first-order chi connectivity index (χ1) is 9.80. The van der Waals surface area contributed by atoms with E-state index in [-0.39, 0.29) is 30.9 Å². The summed E-state index contributed by atoms with van der Waals surface area (Å²) < 4.78 is 37.3. The molecule has 1 fully saturated rings. The first kappa shape index (κ1) is 19.2. The summed E-state index contributed by atoms with van der Waals surface area (Å²) in [6.45, 7) is 9.93. The van der Waals surface area contributed by atoms with Crippen LogP contribution >= 0.6 is 0 Å². The number of hydrogen-bond acceptors (Lipinski definition) is 6. The Kier molecular flexibility index (Phi) is 5.86. The van der Waals surface area contributed by atoms with E-state index in [9.17, 15) is 13.2 Å². The average molecular weight is 337 g/mol. The Bertz CT molecular complexity index is 494. The molecule has 1 saturated heterocycles. The third-order valence-corrected chi connectivity index (χ3v) is 3.79. The van der Waals surface area contributed by atoms with E-state index in [0.717, 1.165) is 6.26 Å². The third kappa shape index (κ3) is 6.50. The van der Waals surface area contributed by atoms with Crippen molar-refractivity contribution in [1.29, 1.82) is 0 Å². The summed E-state index contributed by atoms with van der Waals surface area (Å²) in [5, 5.41) is 0. The summed E-state index contributed by atoms with van der Waals surface area (Å²) in [4.78, 5) is 13.9. The van der Waals surface area contributed by atoms with Crippen molar-refractivity contribution >= 4 is 16.2 Å². The average Bonchev–Trinajstić information content (AvgIpc) is 2.56. The van der Waals surface area contributed by atoms with Gasteiger partial charge in [-0.25, -0.2) is 4.79 Å². The van der Waals surface area contributed by atoms with E-state index in [2.05, 4.69) is 4.18 Å². The van der Waals surface area contributed by atoms with Gasteiger partial charge in [-0.3, -0.25) is 4.18 Å². The van der Waals surface area contributed by atoms with Crippen molar-refractivity contribution in [1.82, 2.24) is 4.90 Å². The fourth-order valence-corrected chi connectivity index (χ4v) is 2.70. The van der Waals surface area contributed by atoms with E-state index in [1.165, 1.54) is 0 Å². The highest BCUT2D eigenvalue weighted by atomic mass is 32.2. The van der Waals surface area contributed by atoms with Crippen LogP contribution in [0.1, 0.15) is 41.0 Å². The van der Waals surface area contributed by atoms with Crippen molar-refractivity contribution in [3.63, 3.8) is 0 Å². The molecule has 1 heterocycles. The second kappa shape index (κ2) is 6.72. The van der Waals surface area contributed by atoms with Crippen LogP contribution in [0.2, 0.25) is 0 Å². The highest BCUT2D eigenvalue weighted by Crippen LogP contribution is 2.31. The number of amides is 1. The van der Waals surface area contributed by atoms with Crippen LogP contribution in [0.15, 0.2) is 0 Å². The van der Waals surface area contributed by atoms with Crippen molar-refractivity contribution in [2.24, 2.45) is 0 Å². The van der Waals surface area contributed by atoms with Crippen molar-refractivity contribution < 1.29 is 26.9 Å². The molecule has 0 aromatic heterocycles. The van der Waals surface area contributed by atoms with Crippen LogP contribution in [-0.4, -0.2) is 62.7 Å². The number of carbonyl (C=O) groups excluding carboxylic acids is 1. The predicted molar refractivity (Wildman–Crippen MR) is 82.2 cm³/mol. The van der Waals surface area contributed by atoms with Crippen molar-refractivity contribution in [2.75, 3.05) is 26.0 Å². The molecule has 8 heteroatoms. The van der Waals surface area contributed by atoms with Crippen LogP contribution in [0.4, 0.5) is 4.79 Å². The SMILES string of the molecule is CC(C)(C)OC(=O)N1CC(OCCOS(C)(=O)=O)CC1(C)C. The van der Waals surface area contributed by atoms with Gasteiger partial charge in [-0.05, 0) is 41.0 Å².